The fourth-order valence-corrected chi connectivity index (χ4v) is 1.23. The van der Waals surface area contributed by atoms with E-state index in [9.17, 15) is 0 Å². The predicted molar refractivity (Wildman–Crippen MR) is 43.4 cm³/mol. The molecule has 0 aliphatic heterocycles. The lowest BCUT2D eigenvalue weighted by Crippen LogP contribution is -1.98. The molecular weight excluding hydrogens is 229 g/mol. The van der Waals surface area contributed by atoms with Crippen LogP contribution >= 0.6 is 22.6 Å². The lowest BCUT2D eigenvalue weighted by molar-refractivity contribution is 0.710. The third-order valence-corrected chi connectivity index (χ3v) is 1.66. The standard InChI is InChI=1S/C5H8IN3/c1-4(6)5-7-3-8-9(5)2/h3-4H,1-2H3. The quantitative estimate of drug-likeness (QED) is 0.544. The van der Waals surface area contributed by atoms with Crippen molar-refractivity contribution in [1.82, 2.24) is 14.8 Å². The van der Waals surface area contributed by atoms with Gasteiger partial charge < -0.3 is 0 Å². The van der Waals surface area contributed by atoms with Gasteiger partial charge >= 0.3 is 0 Å². The Balaban J connectivity index is 2.94. The first kappa shape index (κ1) is 6.98. The zero-order chi connectivity index (χ0) is 6.85. The maximum absolute atomic E-state index is 4.06. The van der Waals surface area contributed by atoms with Gasteiger partial charge in [-0.1, -0.05) is 22.6 Å². The average Bonchev–Trinajstić information content (AvgIpc) is 2.13. The van der Waals surface area contributed by atoms with Gasteiger partial charge in [0.1, 0.15) is 12.2 Å². The van der Waals surface area contributed by atoms with Crippen molar-refractivity contribution in [3.05, 3.63) is 12.2 Å². The lowest BCUT2D eigenvalue weighted by Gasteiger charge is -1.99. The molecule has 0 saturated heterocycles. The molecule has 0 fully saturated rings. The molecule has 4 heteroatoms. The highest BCUT2D eigenvalue weighted by Gasteiger charge is 2.04. The summed E-state index contributed by atoms with van der Waals surface area (Å²) in [5, 5.41) is 3.94. The molecule has 3 nitrogen and oxygen atoms in total. The zero-order valence-corrected chi connectivity index (χ0v) is 7.53. The molecule has 0 aromatic carbocycles. The molecule has 1 aromatic heterocycles. The van der Waals surface area contributed by atoms with E-state index in [1.54, 1.807) is 11.0 Å². The first-order chi connectivity index (χ1) is 4.22. The highest BCUT2D eigenvalue weighted by molar-refractivity contribution is 14.1. The predicted octanol–water partition coefficient (Wildman–Crippen LogP) is 1.31. The smallest absolute Gasteiger partial charge is 0.139 e. The van der Waals surface area contributed by atoms with Crippen LogP contribution in [0.2, 0.25) is 0 Å². The van der Waals surface area contributed by atoms with E-state index in [4.69, 9.17) is 0 Å². The molecule has 50 valence electrons. The van der Waals surface area contributed by atoms with E-state index in [0.29, 0.717) is 3.92 Å². The monoisotopic (exact) mass is 237 g/mol. The van der Waals surface area contributed by atoms with Crippen LogP contribution in [0.15, 0.2) is 6.33 Å². The summed E-state index contributed by atoms with van der Waals surface area (Å²) in [6, 6.07) is 0. The van der Waals surface area contributed by atoms with Crippen LogP contribution in [0.3, 0.4) is 0 Å². The summed E-state index contributed by atoms with van der Waals surface area (Å²) in [7, 11) is 1.90. The van der Waals surface area contributed by atoms with E-state index < -0.39 is 0 Å². The second-order valence-electron chi connectivity index (χ2n) is 1.86. The Morgan fingerprint density at radius 2 is 2.44 bits per heavy atom. The first-order valence-corrected chi connectivity index (χ1v) is 3.94. The largest absolute Gasteiger partial charge is 0.252 e. The van der Waals surface area contributed by atoms with E-state index in [0.717, 1.165) is 5.82 Å². The van der Waals surface area contributed by atoms with Crippen molar-refractivity contribution in [2.45, 2.75) is 10.8 Å². The number of rotatable bonds is 1. The Bertz CT molecular complexity index is 194. The first-order valence-electron chi connectivity index (χ1n) is 2.70. The van der Waals surface area contributed by atoms with Gasteiger partial charge in [0.05, 0.1) is 3.92 Å². The Hall–Kier alpha value is -0.130. The molecule has 0 aliphatic carbocycles. The van der Waals surface area contributed by atoms with Crippen molar-refractivity contribution in [3.63, 3.8) is 0 Å². The van der Waals surface area contributed by atoms with Gasteiger partial charge in [-0.15, -0.1) is 0 Å². The van der Waals surface area contributed by atoms with Crippen LogP contribution in [0.25, 0.3) is 0 Å². The minimum Gasteiger partial charge on any atom is -0.252 e. The highest BCUT2D eigenvalue weighted by atomic mass is 127. The second-order valence-corrected chi connectivity index (χ2v) is 3.73. The SMILES string of the molecule is CC(I)c1ncnn1C. The summed E-state index contributed by atoms with van der Waals surface area (Å²) in [5.41, 5.74) is 0. The maximum Gasteiger partial charge on any atom is 0.139 e. The van der Waals surface area contributed by atoms with Crippen LogP contribution in [-0.2, 0) is 7.05 Å². The van der Waals surface area contributed by atoms with Crippen LogP contribution in [0, 0.1) is 0 Å². The Kier molecular flexibility index (Phi) is 2.05. The molecule has 1 rings (SSSR count). The average molecular weight is 237 g/mol. The summed E-state index contributed by atoms with van der Waals surface area (Å²) in [4.78, 5) is 4.06. The molecule has 1 atom stereocenters. The molecule has 1 heterocycles. The minimum absolute atomic E-state index is 0.440. The number of aryl methyl sites for hydroxylation is 1. The molecule has 9 heavy (non-hydrogen) atoms. The van der Waals surface area contributed by atoms with E-state index in [1.807, 2.05) is 7.05 Å². The fourth-order valence-electron chi connectivity index (χ4n) is 0.665. The summed E-state index contributed by atoms with van der Waals surface area (Å²) >= 11 is 2.31. The van der Waals surface area contributed by atoms with Gasteiger partial charge in [-0.3, -0.25) is 4.68 Å². The van der Waals surface area contributed by atoms with Crippen molar-refractivity contribution in [2.24, 2.45) is 7.05 Å². The lowest BCUT2D eigenvalue weighted by atomic mass is 10.5. The normalized spacial score (nSPS) is 13.7. The maximum atomic E-state index is 4.06. The number of hydrogen-bond donors (Lipinski definition) is 0. The molecule has 0 spiro atoms. The molecule has 0 radical (unpaired) electrons. The van der Waals surface area contributed by atoms with Gasteiger partial charge in [-0.05, 0) is 6.92 Å². The van der Waals surface area contributed by atoms with Crippen LogP contribution < -0.4 is 0 Å². The van der Waals surface area contributed by atoms with Gasteiger partial charge in [0.2, 0.25) is 0 Å². The number of nitrogens with zero attached hydrogens (tertiary/aromatic N) is 3. The second kappa shape index (κ2) is 2.64. The highest BCUT2D eigenvalue weighted by Crippen LogP contribution is 2.17. The molecule has 0 aliphatic rings. The summed E-state index contributed by atoms with van der Waals surface area (Å²) < 4.78 is 2.23. The van der Waals surface area contributed by atoms with Crippen LogP contribution in [0.5, 0.6) is 0 Å². The van der Waals surface area contributed by atoms with Crippen LogP contribution in [0.4, 0.5) is 0 Å². The summed E-state index contributed by atoms with van der Waals surface area (Å²) in [6.45, 7) is 2.09. The number of hydrogen-bond acceptors (Lipinski definition) is 2. The molecular formula is C5H8IN3. The van der Waals surface area contributed by atoms with E-state index in [2.05, 4.69) is 39.6 Å². The Morgan fingerprint density at radius 3 is 2.67 bits per heavy atom. The van der Waals surface area contributed by atoms with Crippen LogP contribution in [0.1, 0.15) is 16.7 Å². The molecule has 1 unspecified atom stereocenters. The molecule has 0 bridgehead atoms. The topological polar surface area (TPSA) is 30.7 Å². The number of aromatic nitrogens is 3. The zero-order valence-electron chi connectivity index (χ0n) is 5.37. The fraction of sp³-hybridized carbons (Fsp3) is 0.600. The van der Waals surface area contributed by atoms with Gasteiger partial charge in [0.25, 0.3) is 0 Å². The molecule has 0 amide bonds. The van der Waals surface area contributed by atoms with Crippen molar-refractivity contribution in [2.75, 3.05) is 0 Å². The van der Waals surface area contributed by atoms with Gasteiger partial charge in [-0.25, -0.2) is 4.98 Å². The number of halogens is 1. The third kappa shape index (κ3) is 1.41. The Labute approximate surface area is 67.6 Å². The molecule has 0 N–H and O–H groups in total. The molecule has 0 saturated carbocycles. The van der Waals surface area contributed by atoms with Gasteiger partial charge in [0.15, 0.2) is 0 Å². The van der Waals surface area contributed by atoms with Crippen molar-refractivity contribution in [3.8, 4) is 0 Å². The van der Waals surface area contributed by atoms with Gasteiger partial charge in [-0.2, -0.15) is 5.10 Å². The minimum atomic E-state index is 0.440. The molecule has 1 aromatic rings. The van der Waals surface area contributed by atoms with Crippen LogP contribution in [-0.4, -0.2) is 14.8 Å². The van der Waals surface area contributed by atoms with Crippen molar-refractivity contribution in [1.29, 1.82) is 0 Å². The third-order valence-electron chi connectivity index (χ3n) is 1.10. The summed E-state index contributed by atoms with van der Waals surface area (Å²) in [5.74, 6) is 1.02. The van der Waals surface area contributed by atoms with Crippen molar-refractivity contribution < 1.29 is 0 Å². The summed E-state index contributed by atoms with van der Waals surface area (Å²) in [6.07, 6.45) is 1.57. The number of alkyl halides is 1. The Morgan fingerprint density at radius 1 is 1.78 bits per heavy atom. The van der Waals surface area contributed by atoms with E-state index in [-0.39, 0.29) is 0 Å². The van der Waals surface area contributed by atoms with Gasteiger partial charge in [0, 0.05) is 7.05 Å². The van der Waals surface area contributed by atoms with Crippen molar-refractivity contribution >= 4 is 22.6 Å². The van der Waals surface area contributed by atoms with E-state index in [1.165, 1.54) is 0 Å². The van der Waals surface area contributed by atoms with E-state index >= 15 is 0 Å².